The van der Waals surface area contributed by atoms with Crippen molar-refractivity contribution in [1.29, 1.82) is 0 Å². The van der Waals surface area contributed by atoms with E-state index >= 15 is 0 Å². The molecule has 24 heavy (non-hydrogen) atoms. The molecule has 10 heteroatoms. The number of hydrogen-bond acceptors (Lipinski definition) is 6. The van der Waals surface area contributed by atoms with E-state index in [4.69, 9.17) is 21.4 Å². The van der Waals surface area contributed by atoms with Crippen LogP contribution in [-0.2, 0) is 9.53 Å². The Morgan fingerprint density at radius 3 is 2.92 bits per heavy atom. The number of aliphatic hydroxyl groups excluding tert-OH is 2. The normalized spacial score (nSPS) is 26.9. The molecule has 0 aliphatic carbocycles. The Labute approximate surface area is 141 Å². The number of nitrogens with zero attached hydrogens (tertiary/aromatic N) is 3. The van der Waals surface area contributed by atoms with Gasteiger partial charge in [-0.15, -0.1) is 0 Å². The van der Waals surface area contributed by atoms with Gasteiger partial charge in [-0.2, -0.15) is 9.97 Å². The first-order valence-corrected chi connectivity index (χ1v) is 7.76. The second-order valence-electron chi connectivity index (χ2n) is 5.39. The minimum atomic E-state index is -1.75. The third kappa shape index (κ3) is 2.84. The Bertz CT molecular complexity index is 771. The van der Waals surface area contributed by atoms with E-state index in [0.717, 1.165) is 0 Å². The van der Waals surface area contributed by atoms with Crippen molar-refractivity contribution in [1.82, 2.24) is 14.5 Å². The molecule has 130 valence electrons. The molecule has 1 fully saturated rings. The average molecular weight is 359 g/mol. The van der Waals surface area contributed by atoms with E-state index in [1.807, 2.05) is 0 Å². The van der Waals surface area contributed by atoms with Crippen molar-refractivity contribution in [3.05, 3.63) is 17.5 Å². The van der Waals surface area contributed by atoms with Gasteiger partial charge in [-0.1, -0.05) is 6.92 Å². The maximum absolute atomic E-state index is 14.3. The van der Waals surface area contributed by atoms with Gasteiger partial charge >= 0.3 is 0 Å². The maximum atomic E-state index is 14.3. The second kappa shape index (κ2) is 6.60. The summed E-state index contributed by atoms with van der Waals surface area (Å²) in [6.45, 7) is 1.18. The number of nitrogens with one attached hydrogen (secondary N) is 1. The first-order chi connectivity index (χ1) is 11.5. The topological polar surface area (TPSA) is 110 Å². The number of rotatable bonds is 4. The fourth-order valence-corrected chi connectivity index (χ4v) is 2.77. The van der Waals surface area contributed by atoms with Gasteiger partial charge < -0.3 is 24.8 Å². The number of aromatic nitrogens is 3. The summed E-state index contributed by atoms with van der Waals surface area (Å²) in [6, 6.07) is 1.59. The fraction of sp³-hybridized carbons (Fsp3) is 0.500. The van der Waals surface area contributed by atoms with E-state index in [1.165, 1.54) is 10.8 Å². The average Bonchev–Trinajstić information content (AvgIpc) is 3.09. The molecule has 1 aliphatic heterocycles. The van der Waals surface area contributed by atoms with Gasteiger partial charge in [0.15, 0.2) is 12.4 Å². The number of carbonyl (C=O) groups excluding carboxylic acids is 1. The third-order valence-electron chi connectivity index (χ3n) is 3.87. The second-order valence-corrected chi connectivity index (χ2v) is 5.72. The molecule has 3 N–H and O–H groups in total. The van der Waals surface area contributed by atoms with Crippen molar-refractivity contribution in [3.8, 4) is 0 Å². The van der Waals surface area contributed by atoms with Crippen LogP contribution in [0.4, 0.5) is 10.2 Å². The van der Waals surface area contributed by atoms with Gasteiger partial charge in [0, 0.05) is 12.6 Å². The smallest absolute Gasteiger partial charge is 0.226 e. The van der Waals surface area contributed by atoms with Crippen molar-refractivity contribution < 1.29 is 24.1 Å². The number of hydrogen-bond donors (Lipinski definition) is 3. The highest BCUT2D eigenvalue weighted by atomic mass is 35.5. The Hall–Kier alpha value is -1.81. The monoisotopic (exact) mass is 358 g/mol. The number of anilines is 1. The lowest BCUT2D eigenvalue weighted by atomic mass is 10.1. The third-order valence-corrected chi connectivity index (χ3v) is 4.04. The SMILES string of the molecule is CCC(=O)Nc1nc(Cl)nc2c1ccn2[C@@H]1O[C@H](CO)C(O)[C@H]1F. The van der Waals surface area contributed by atoms with Gasteiger partial charge in [0.1, 0.15) is 23.7 Å². The molecule has 0 aromatic carbocycles. The highest BCUT2D eigenvalue weighted by Crippen LogP contribution is 2.35. The van der Waals surface area contributed by atoms with Crippen molar-refractivity contribution >= 4 is 34.4 Å². The fourth-order valence-electron chi connectivity index (χ4n) is 2.61. The zero-order valence-corrected chi connectivity index (χ0v) is 13.4. The van der Waals surface area contributed by atoms with Crippen molar-refractivity contribution in [2.75, 3.05) is 11.9 Å². The van der Waals surface area contributed by atoms with Crippen LogP contribution in [-0.4, -0.2) is 55.6 Å². The highest BCUT2D eigenvalue weighted by molar-refractivity contribution is 6.28. The standard InChI is InChI=1S/C14H16ClFN4O4/c1-2-8(22)17-11-6-3-4-20(12(6)19-14(15)18-11)13-9(16)10(23)7(5-21)24-13/h3-4,7,9-10,13,21,23H,2,5H2,1H3,(H,17,18,19,22)/t7-,9-,10?,13-/m1/s1. The molecular formula is C14H16ClFN4O4. The highest BCUT2D eigenvalue weighted by Gasteiger charge is 2.45. The molecule has 1 aliphatic rings. The van der Waals surface area contributed by atoms with Crippen LogP contribution in [0.3, 0.4) is 0 Å². The van der Waals surface area contributed by atoms with Crippen LogP contribution in [0.25, 0.3) is 11.0 Å². The van der Waals surface area contributed by atoms with E-state index in [0.29, 0.717) is 5.39 Å². The van der Waals surface area contributed by atoms with Crippen molar-refractivity contribution in [3.63, 3.8) is 0 Å². The van der Waals surface area contributed by atoms with Crippen LogP contribution >= 0.6 is 11.6 Å². The van der Waals surface area contributed by atoms with Gasteiger partial charge in [-0.05, 0) is 17.7 Å². The minimum absolute atomic E-state index is 0.124. The van der Waals surface area contributed by atoms with Crippen LogP contribution in [0.5, 0.6) is 0 Å². The van der Waals surface area contributed by atoms with Gasteiger partial charge in [0.25, 0.3) is 0 Å². The predicted molar refractivity (Wildman–Crippen MR) is 83.4 cm³/mol. The number of amides is 1. The molecule has 0 saturated carbocycles. The molecule has 2 aromatic rings. The van der Waals surface area contributed by atoms with Gasteiger partial charge in [0.05, 0.1) is 12.0 Å². The molecular weight excluding hydrogens is 343 g/mol. The predicted octanol–water partition coefficient (Wildman–Crippen LogP) is 1.02. The Morgan fingerprint density at radius 2 is 2.29 bits per heavy atom. The van der Waals surface area contributed by atoms with Crippen molar-refractivity contribution in [2.45, 2.75) is 38.0 Å². The lowest BCUT2D eigenvalue weighted by Gasteiger charge is -2.16. The summed E-state index contributed by atoms with van der Waals surface area (Å²) in [7, 11) is 0. The Morgan fingerprint density at radius 1 is 1.54 bits per heavy atom. The Kier molecular flexibility index (Phi) is 4.68. The van der Waals surface area contributed by atoms with E-state index in [-0.39, 0.29) is 29.1 Å². The molecule has 0 radical (unpaired) electrons. The number of aliphatic hydroxyl groups is 2. The van der Waals surface area contributed by atoms with Crippen LogP contribution in [0.15, 0.2) is 12.3 Å². The molecule has 3 heterocycles. The van der Waals surface area contributed by atoms with Crippen LogP contribution in [0.2, 0.25) is 5.28 Å². The first-order valence-electron chi connectivity index (χ1n) is 7.38. The molecule has 0 spiro atoms. The zero-order chi connectivity index (χ0) is 17.4. The molecule has 1 saturated heterocycles. The summed E-state index contributed by atoms with van der Waals surface area (Å²) in [4.78, 5) is 19.6. The largest absolute Gasteiger partial charge is 0.394 e. The van der Waals surface area contributed by atoms with Crippen LogP contribution < -0.4 is 5.32 Å². The lowest BCUT2D eigenvalue weighted by molar-refractivity contribution is -0.115. The molecule has 8 nitrogen and oxygen atoms in total. The number of ether oxygens (including phenoxy) is 1. The number of carbonyl (C=O) groups is 1. The molecule has 4 atom stereocenters. The van der Waals surface area contributed by atoms with Gasteiger partial charge in [0.2, 0.25) is 11.2 Å². The van der Waals surface area contributed by atoms with E-state index in [9.17, 15) is 14.3 Å². The minimum Gasteiger partial charge on any atom is -0.394 e. The molecule has 2 aromatic heterocycles. The molecule has 0 bridgehead atoms. The summed E-state index contributed by atoms with van der Waals surface area (Å²) in [5.41, 5.74) is 0.250. The number of halogens is 2. The molecule has 1 unspecified atom stereocenters. The van der Waals surface area contributed by atoms with Gasteiger partial charge in [-0.3, -0.25) is 4.79 Å². The van der Waals surface area contributed by atoms with E-state index in [1.54, 1.807) is 13.0 Å². The molecule has 1 amide bonds. The summed E-state index contributed by atoms with van der Waals surface area (Å²) in [6.07, 6.45) is -3.64. The summed E-state index contributed by atoms with van der Waals surface area (Å²) in [5, 5.41) is 21.9. The Balaban J connectivity index is 2.03. The summed E-state index contributed by atoms with van der Waals surface area (Å²) in [5.74, 6) is -0.0432. The number of fused-ring (bicyclic) bond motifs is 1. The summed E-state index contributed by atoms with van der Waals surface area (Å²) >= 11 is 5.90. The van der Waals surface area contributed by atoms with E-state index in [2.05, 4.69) is 15.3 Å². The first kappa shape index (κ1) is 17.0. The van der Waals surface area contributed by atoms with Crippen LogP contribution in [0.1, 0.15) is 19.6 Å². The molecule has 3 rings (SSSR count). The lowest BCUT2D eigenvalue weighted by Crippen LogP contribution is -2.30. The van der Waals surface area contributed by atoms with E-state index < -0.39 is 31.2 Å². The quantitative estimate of drug-likeness (QED) is 0.704. The number of alkyl halides is 1. The summed E-state index contributed by atoms with van der Waals surface area (Å²) < 4.78 is 21.0. The maximum Gasteiger partial charge on any atom is 0.226 e. The van der Waals surface area contributed by atoms with Gasteiger partial charge in [-0.25, -0.2) is 4.39 Å². The van der Waals surface area contributed by atoms with Crippen molar-refractivity contribution in [2.24, 2.45) is 0 Å². The zero-order valence-electron chi connectivity index (χ0n) is 12.7. The van der Waals surface area contributed by atoms with Crippen LogP contribution in [0, 0.1) is 0 Å².